The average molecular weight is 236 g/mol. The third kappa shape index (κ3) is 1.96. The Labute approximate surface area is 90.2 Å². The molecule has 82 valence electrons. The standard InChI is InChI=1S/C10H9ClF3N/c11-7-3-1-2-6(10(12,13)14)9(7)8-4-5-15-8/h1-3,8,15H,4-5H2. The van der Waals surface area contributed by atoms with Crippen molar-refractivity contribution in [3.05, 3.63) is 34.3 Å². The first-order chi connectivity index (χ1) is 7.00. The van der Waals surface area contributed by atoms with Crippen LogP contribution in [-0.2, 0) is 6.18 Å². The molecule has 0 bridgehead atoms. The predicted molar refractivity (Wildman–Crippen MR) is 51.8 cm³/mol. The fourth-order valence-electron chi connectivity index (χ4n) is 1.67. The van der Waals surface area contributed by atoms with Crippen LogP contribution >= 0.6 is 11.6 Å². The van der Waals surface area contributed by atoms with Gasteiger partial charge >= 0.3 is 6.18 Å². The molecule has 0 radical (unpaired) electrons. The van der Waals surface area contributed by atoms with E-state index in [9.17, 15) is 13.2 Å². The second kappa shape index (κ2) is 3.68. The van der Waals surface area contributed by atoms with E-state index >= 15 is 0 Å². The number of halogens is 4. The van der Waals surface area contributed by atoms with Crippen LogP contribution in [0.4, 0.5) is 13.2 Å². The molecule has 1 atom stereocenters. The molecule has 1 N–H and O–H groups in total. The molecule has 0 amide bonds. The van der Waals surface area contributed by atoms with Gasteiger partial charge in [-0.25, -0.2) is 0 Å². The molecule has 1 aliphatic heterocycles. The molecule has 0 aromatic heterocycles. The van der Waals surface area contributed by atoms with Crippen LogP contribution in [0.5, 0.6) is 0 Å². The lowest BCUT2D eigenvalue weighted by atomic mass is 9.93. The molecule has 1 saturated heterocycles. The third-order valence-corrected chi connectivity index (χ3v) is 2.86. The minimum absolute atomic E-state index is 0.179. The molecule has 2 rings (SSSR count). The van der Waals surface area contributed by atoms with E-state index in [1.54, 1.807) is 0 Å². The van der Waals surface area contributed by atoms with Gasteiger partial charge in [-0.2, -0.15) is 13.2 Å². The molecule has 1 unspecified atom stereocenters. The summed E-state index contributed by atoms with van der Waals surface area (Å²) in [6.45, 7) is 0.743. The van der Waals surface area contributed by atoms with E-state index in [0.29, 0.717) is 6.42 Å². The normalized spacial score (nSPS) is 21.2. The minimum atomic E-state index is -4.34. The summed E-state index contributed by atoms with van der Waals surface area (Å²) in [5.41, 5.74) is -0.454. The van der Waals surface area contributed by atoms with Crippen LogP contribution < -0.4 is 5.32 Å². The summed E-state index contributed by atoms with van der Waals surface area (Å²) in [7, 11) is 0. The van der Waals surface area contributed by atoms with Crippen LogP contribution in [0.1, 0.15) is 23.6 Å². The SMILES string of the molecule is FC(F)(F)c1cccc(Cl)c1C1CCN1. The second-order valence-corrected chi connectivity index (χ2v) is 3.90. The number of rotatable bonds is 1. The zero-order chi connectivity index (χ0) is 11.1. The molecule has 5 heteroatoms. The number of benzene rings is 1. The van der Waals surface area contributed by atoms with Crippen molar-refractivity contribution in [2.45, 2.75) is 18.6 Å². The van der Waals surface area contributed by atoms with Crippen LogP contribution in [-0.4, -0.2) is 6.54 Å². The van der Waals surface area contributed by atoms with Crippen LogP contribution in [0, 0.1) is 0 Å². The summed E-state index contributed by atoms with van der Waals surface area (Å²) in [5.74, 6) is 0. The number of hydrogen-bond acceptors (Lipinski definition) is 1. The van der Waals surface area contributed by atoms with Gasteiger partial charge in [-0.05, 0) is 30.7 Å². The molecule has 15 heavy (non-hydrogen) atoms. The van der Waals surface area contributed by atoms with E-state index < -0.39 is 11.7 Å². The first-order valence-corrected chi connectivity index (χ1v) is 4.97. The maximum Gasteiger partial charge on any atom is 0.416 e. The monoisotopic (exact) mass is 235 g/mol. The highest BCUT2D eigenvalue weighted by atomic mass is 35.5. The molecule has 1 aromatic carbocycles. The van der Waals surface area contributed by atoms with E-state index in [1.807, 2.05) is 0 Å². The number of nitrogens with one attached hydrogen (secondary N) is 1. The summed E-state index contributed by atoms with van der Waals surface area (Å²) in [6, 6.07) is 3.64. The summed E-state index contributed by atoms with van der Waals surface area (Å²) in [6.07, 6.45) is -3.63. The Morgan fingerprint density at radius 1 is 1.33 bits per heavy atom. The van der Waals surface area contributed by atoms with Gasteiger partial charge in [0.2, 0.25) is 0 Å². The van der Waals surface area contributed by atoms with Crippen LogP contribution in [0.25, 0.3) is 0 Å². The summed E-state index contributed by atoms with van der Waals surface area (Å²) in [5, 5.41) is 3.11. The first kappa shape index (κ1) is 10.8. The van der Waals surface area contributed by atoms with Gasteiger partial charge in [0.1, 0.15) is 0 Å². The Balaban J connectivity index is 2.48. The molecule has 1 nitrogen and oxygen atoms in total. The van der Waals surface area contributed by atoms with Gasteiger partial charge in [0.25, 0.3) is 0 Å². The highest BCUT2D eigenvalue weighted by Gasteiger charge is 2.37. The lowest BCUT2D eigenvalue weighted by Crippen LogP contribution is -2.36. The van der Waals surface area contributed by atoms with Gasteiger partial charge in [0.15, 0.2) is 0 Å². The Morgan fingerprint density at radius 3 is 2.47 bits per heavy atom. The minimum Gasteiger partial charge on any atom is -0.310 e. The van der Waals surface area contributed by atoms with Gasteiger partial charge in [0.05, 0.1) is 5.56 Å². The van der Waals surface area contributed by atoms with Crippen LogP contribution in [0.15, 0.2) is 18.2 Å². The summed E-state index contributed by atoms with van der Waals surface area (Å²) >= 11 is 5.80. The predicted octanol–water partition coefficient (Wildman–Crippen LogP) is 3.39. The highest BCUT2D eigenvalue weighted by molar-refractivity contribution is 6.31. The van der Waals surface area contributed by atoms with Crippen molar-refractivity contribution in [2.24, 2.45) is 0 Å². The molecular formula is C10H9ClF3N. The van der Waals surface area contributed by atoms with Crippen molar-refractivity contribution in [3.63, 3.8) is 0 Å². The summed E-state index contributed by atoms with van der Waals surface area (Å²) < 4.78 is 38.0. The third-order valence-electron chi connectivity index (χ3n) is 2.53. The van der Waals surface area contributed by atoms with Gasteiger partial charge in [-0.1, -0.05) is 17.7 Å². The van der Waals surface area contributed by atoms with Crippen LogP contribution in [0.2, 0.25) is 5.02 Å². The molecule has 0 spiro atoms. The van der Waals surface area contributed by atoms with Gasteiger partial charge in [-0.15, -0.1) is 0 Å². The zero-order valence-electron chi connectivity index (χ0n) is 7.74. The average Bonchev–Trinajstić information content (AvgIpc) is 2.03. The molecule has 1 fully saturated rings. The van der Waals surface area contributed by atoms with E-state index in [-0.39, 0.29) is 16.6 Å². The van der Waals surface area contributed by atoms with E-state index in [2.05, 4.69) is 5.32 Å². The van der Waals surface area contributed by atoms with Crippen molar-refractivity contribution < 1.29 is 13.2 Å². The fraction of sp³-hybridized carbons (Fsp3) is 0.400. The van der Waals surface area contributed by atoms with E-state index in [0.717, 1.165) is 12.6 Å². The van der Waals surface area contributed by atoms with Crippen molar-refractivity contribution in [3.8, 4) is 0 Å². The maximum atomic E-state index is 12.7. The highest BCUT2D eigenvalue weighted by Crippen LogP contribution is 2.40. The number of hydrogen-bond donors (Lipinski definition) is 1. The Hall–Kier alpha value is -0.740. The Kier molecular flexibility index (Phi) is 2.64. The molecule has 1 aliphatic rings. The second-order valence-electron chi connectivity index (χ2n) is 3.49. The Bertz CT molecular complexity index is 371. The molecule has 0 saturated carbocycles. The van der Waals surface area contributed by atoms with Crippen molar-refractivity contribution in [2.75, 3.05) is 6.54 Å². The maximum absolute atomic E-state index is 12.7. The lowest BCUT2D eigenvalue weighted by Gasteiger charge is -2.31. The summed E-state index contributed by atoms with van der Waals surface area (Å²) in [4.78, 5) is 0. The largest absolute Gasteiger partial charge is 0.416 e. The molecular weight excluding hydrogens is 227 g/mol. The smallest absolute Gasteiger partial charge is 0.310 e. The molecule has 1 aromatic rings. The van der Waals surface area contributed by atoms with Crippen molar-refractivity contribution in [1.82, 2.24) is 5.32 Å². The first-order valence-electron chi connectivity index (χ1n) is 4.59. The zero-order valence-corrected chi connectivity index (χ0v) is 8.49. The van der Waals surface area contributed by atoms with Crippen molar-refractivity contribution >= 4 is 11.6 Å². The van der Waals surface area contributed by atoms with E-state index in [4.69, 9.17) is 11.6 Å². The van der Waals surface area contributed by atoms with Gasteiger partial charge in [-0.3, -0.25) is 0 Å². The van der Waals surface area contributed by atoms with E-state index in [1.165, 1.54) is 12.1 Å². The lowest BCUT2D eigenvalue weighted by molar-refractivity contribution is -0.138. The number of alkyl halides is 3. The fourth-order valence-corrected chi connectivity index (χ4v) is 1.98. The van der Waals surface area contributed by atoms with Crippen molar-refractivity contribution in [1.29, 1.82) is 0 Å². The molecule has 1 heterocycles. The Morgan fingerprint density at radius 2 is 2.00 bits per heavy atom. The van der Waals surface area contributed by atoms with Crippen LogP contribution in [0.3, 0.4) is 0 Å². The van der Waals surface area contributed by atoms with Gasteiger partial charge < -0.3 is 5.32 Å². The molecule has 0 aliphatic carbocycles. The quantitative estimate of drug-likeness (QED) is 0.787. The van der Waals surface area contributed by atoms with Gasteiger partial charge in [0, 0.05) is 11.1 Å². The topological polar surface area (TPSA) is 12.0 Å².